The molecule has 56 valence electrons. The molecule has 0 radical (unpaired) electrons. The van der Waals surface area contributed by atoms with Crippen molar-refractivity contribution >= 4 is 0 Å². The van der Waals surface area contributed by atoms with Gasteiger partial charge in [-0.15, -0.1) is 0 Å². The van der Waals surface area contributed by atoms with Crippen LogP contribution in [0.5, 0.6) is 0 Å². The van der Waals surface area contributed by atoms with Gasteiger partial charge in [0, 0.05) is 0 Å². The molecule has 0 saturated carbocycles. The summed E-state index contributed by atoms with van der Waals surface area (Å²) in [5.41, 5.74) is -1.19. The molecule has 1 atom stereocenters. The van der Waals surface area contributed by atoms with Gasteiger partial charge in [0.15, 0.2) is 0 Å². The summed E-state index contributed by atoms with van der Waals surface area (Å²) >= 11 is 0. The van der Waals surface area contributed by atoms with E-state index in [1.54, 1.807) is 6.92 Å². The summed E-state index contributed by atoms with van der Waals surface area (Å²) < 4.78 is 23.8. The van der Waals surface area contributed by atoms with Gasteiger partial charge < -0.3 is 5.11 Å². The number of aliphatic hydroxyl groups is 1. The summed E-state index contributed by atoms with van der Waals surface area (Å²) in [6.45, 7) is 2.57. The summed E-state index contributed by atoms with van der Waals surface area (Å²) in [5, 5.41) is 8.48. The Morgan fingerprint density at radius 1 is 1.56 bits per heavy atom. The Labute approximate surface area is 53.7 Å². The fraction of sp³-hybridized carbons (Fsp3) is 1.00. The molecular formula is C6H12F2O. The normalized spacial score (nSPS) is 18.0. The van der Waals surface area contributed by atoms with Gasteiger partial charge in [-0.25, -0.2) is 8.78 Å². The van der Waals surface area contributed by atoms with Gasteiger partial charge in [-0.3, -0.25) is 0 Å². The van der Waals surface area contributed by atoms with Crippen LogP contribution < -0.4 is 0 Å². The second kappa shape index (κ2) is 3.11. The van der Waals surface area contributed by atoms with Crippen LogP contribution in [0.25, 0.3) is 0 Å². The first-order chi connectivity index (χ1) is 4.06. The van der Waals surface area contributed by atoms with Crippen LogP contribution in [0.4, 0.5) is 8.78 Å². The van der Waals surface area contributed by atoms with Crippen LogP contribution >= 0.6 is 0 Å². The number of hydrogen-bond acceptors (Lipinski definition) is 1. The van der Waals surface area contributed by atoms with E-state index in [0.29, 0.717) is 6.42 Å². The van der Waals surface area contributed by atoms with E-state index < -0.39 is 18.4 Å². The molecule has 1 N–H and O–H groups in total. The molecule has 0 spiro atoms. The van der Waals surface area contributed by atoms with Crippen LogP contribution in [0.1, 0.15) is 20.3 Å². The van der Waals surface area contributed by atoms with Gasteiger partial charge in [0.25, 0.3) is 0 Å². The summed E-state index contributed by atoms with van der Waals surface area (Å²) in [4.78, 5) is 0. The van der Waals surface area contributed by atoms with Gasteiger partial charge in [-0.05, 0) is 6.42 Å². The number of rotatable bonds is 3. The lowest BCUT2D eigenvalue weighted by atomic mass is 9.89. The third-order valence-electron chi connectivity index (χ3n) is 1.70. The van der Waals surface area contributed by atoms with Crippen molar-refractivity contribution < 1.29 is 13.9 Å². The maximum Gasteiger partial charge on any atom is 0.246 e. The Bertz CT molecular complexity index is 79.1. The molecule has 0 amide bonds. The molecule has 0 heterocycles. The number of hydrogen-bond donors (Lipinski definition) is 1. The van der Waals surface area contributed by atoms with E-state index in [0.717, 1.165) is 0 Å². The third kappa shape index (κ3) is 1.90. The van der Waals surface area contributed by atoms with Gasteiger partial charge in [0.05, 0.1) is 12.0 Å². The first kappa shape index (κ1) is 8.82. The Morgan fingerprint density at radius 3 is 2.00 bits per heavy atom. The first-order valence-electron chi connectivity index (χ1n) is 2.96. The molecule has 0 aliphatic rings. The van der Waals surface area contributed by atoms with Gasteiger partial charge in [0.2, 0.25) is 6.43 Å². The van der Waals surface area contributed by atoms with Crippen LogP contribution in [0.15, 0.2) is 0 Å². The van der Waals surface area contributed by atoms with E-state index in [1.165, 1.54) is 6.92 Å². The van der Waals surface area contributed by atoms with E-state index in [4.69, 9.17) is 5.11 Å². The molecule has 0 aromatic carbocycles. The standard InChI is InChI=1S/C6H12F2O/c1-3-6(2,4-9)5(7)8/h5,9H,3-4H2,1-2H3. The Morgan fingerprint density at radius 2 is 2.00 bits per heavy atom. The lowest BCUT2D eigenvalue weighted by Gasteiger charge is -2.23. The molecule has 0 bridgehead atoms. The van der Waals surface area contributed by atoms with Crippen LogP contribution in [0, 0.1) is 5.41 Å². The average molecular weight is 138 g/mol. The van der Waals surface area contributed by atoms with Crippen molar-refractivity contribution in [3.63, 3.8) is 0 Å². The molecule has 0 aliphatic heterocycles. The van der Waals surface area contributed by atoms with Crippen molar-refractivity contribution in [2.75, 3.05) is 6.61 Å². The molecule has 3 heteroatoms. The minimum atomic E-state index is -2.42. The molecule has 0 aromatic rings. The predicted molar refractivity (Wildman–Crippen MR) is 31.5 cm³/mol. The molecule has 1 unspecified atom stereocenters. The fourth-order valence-electron chi connectivity index (χ4n) is 0.335. The summed E-state index contributed by atoms with van der Waals surface area (Å²) in [7, 11) is 0. The molecular weight excluding hydrogens is 126 g/mol. The highest BCUT2D eigenvalue weighted by molar-refractivity contribution is 4.73. The third-order valence-corrected chi connectivity index (χ3v) is 1.70. The number of alkyl halides is 2. The fourth-order valence-corrected chi connectivity index (χ4v) is 0.335. The van der Waals surface area contributed by atoms with Crippen molar-refractivity contribution in [2.45, 2.75) is 26.7 Å². The van der Waals surface area contributed by atoms with Crippen molar-refractivity contribution in [1.82, 2.24) is 0 Å². The van der Waals surface area contributed by atoms with Crippen LogP contribution in [0.2, 0.25) is 0 Å². The van der Waals surface area contributed by atoms with E-state index in [2.05, 4.69) is 0 Å². The molecule has 0 fully saturated rings. The highest BCUT2D eigenvalue weighted by atomic mass is 19.3. The smallest absolute Gasteiger partial charge is 0.246 e. The number of aliphatic hydroxyl groups excluding tert-OH is 1. The minimum absolute atomic E-state index is 0.307. The maximum absolute atomic E-state index is 11.9. The van der Waals surface area contributed by atoms with Crippen molar-refractivity contribution in [2.24, 2.45) is 5.41 Å². The Hall–Kier alpha value is -0.180. The van der Waals surface area contributed by atoms with E-state index in [-0.39, 0.29) is 0 Å². The SMILES string of the molecule is CCC(C)(CO)C(F)F. The predicted octanol–water partition coefficient (Wildman–Crippen LogP) is 1.66. The molecule has 1 nitrogen and oxygen atoms in total. The monoisotopic (exact) mass is 138 g/mol. The Balaban J connectivity index is 3.92. The highest BCUT2D eigenvalue weighted by Crippen LogP contribution is 2.27. The van der Waals surface area contributed by atoms with E-state index in [1.807, 2.05) is 0 Å². The minimum Gasteiger partial charge on any atom is -0.396 e. The largest absolute Gasteiger partial charge is 0.396 e. The molecule has 0 saturated heterocycles. The molecule has 0 aromatic heterocycles. The summed E-state index contributed by atoms with van der Waals surface area (Å²) in [5.74, 6) is 0. The van der Waals surface area contributed by atoms with Gasteiger partial charge in [-0.2, -0.15) is 0 Å². The maximum atomic E-state index is 11.9. The number of halogens is 2. The van der Waals surface area contributed by atoms with Crippen molar-refractivity contribution in [1.29, 1.82) is 0 Å². The quantitative estimate of drug-likeness (QED) is 0.628. The van der Waals surface area contributed by atoms with E-state index in [9.17, 15) is 8.78 Å². The molecule has 0 rings (SSSR count). The zero-order valence-corrected chi connectivity index (χ0v) is 5.69. The topological polar surface area (TPSA) is 20.2 Å². The molecule has 9 heavy (non-hydrogen) atoms. The summed E-state index contributed by atoms with van der Waals surface area (Å²) in [6, 6.07) is 0. The highest BCUT2D eigenvalue weighted by Gasteiger charge is 2.31. The van der Waals surface area contributed by atoms with E-state index >= 15 is 0 Å². The summed E-state index contributed by atoms with van der Waals surface area (Å²) in [6.07, 6.45) is -2.12. The second-order valence-corrected chi connectivity index (χ2v) is 2.47. The van der Waals surface area contributed by atoms with Gasteiger partial charge in [0.1, 0.15) is 0 Å². The zero-order chi connectivity index (χ0) is 7.49. The first-order valence-corrected chi connectivity index (χ1v) is 2.96. The lowest BCUT2D eigenvalue weighted by molar-refractivity contribution is -0.0321. The van der Waals surface area contributed by atoms with Gasteiger partial charge >= 0.3 is 0 Å². The zero-order valence-electron chi connectivity index (χ0n) is 5.69. The van der Waals surface area contributed by atoms with Crippen molar-refractivity contribution in [3.8, 4) is 0 Å². The van der Waals surface area contributed by atoms with Crippen LogP contribution in [-0.2, 0) is 0 Å². The van der Waals surface area contributed by atoms with Crippen LogP contribution in [0.3, 0.4) is 0 Å². The van der Waals surface area contributed by atoms with Crippen molar-refractivity contribution in [3.05, 3.63) is 0 Å². The Kier molecular flexibility index (Phi) is 3.04. The second-order valence-electron chi connectivity index (χ2n) is 2.47. The average Bonchev–Trinajstić information content (AvgIpc) is 1.86. The lowest BCUT2D eigenvalue weighted by Crippen LogP contribution is -2.28. The molecule has 0 aliphatic carbocycles. The van der Waals surface area contributed by atoms with Crippen LogP contribution in [-0.4, -0.2) is 18.1 Å². The van der Waals surface area contributed by atoms with Gasteiger partial charge in [-0.1, -0.05) is 13.8 Å².